The van der Waals surface area contributed by atoms with Gasteiger partial charge in [0, 0.05) is 13.1 Å². The zero-order chi connectivity index (χ0) is 18.5. The van der Waals surface area contributed by atoms with E-state index in [0.717, 1.165) is 31.4 Å². The zero-order valence-corrected chi connectivity index (χ0v) is 16.1. The van der Waals surface area contributed by atoms with Crippen LogP contribution < -0.4 is 5.32 Å². The Hall–Kier alpha value is -2.13. The maximum Gasteiger partial charge on any atom is 0.230 e. The van der Waals surface area contributed by atoms with Gasteiger partial charge in [-0.15, -0.1) is 0 Å². The molecule has 1 N–H and O–H groups in total. The lowest BCUT2D eigenvalue weighted by atomic mass is 9.64. The van der Waals surface area contributed by atoms with Gasteiger partial charge in [0.1, 0.15) is 0 Å². The Morgan fingerprint density at radius 2 is 1.52 bits per heavy atom. The predicted octanol–water partition coefficient (Wildman–Crippen LogP) is 4.41. The van der Waals surface area contributed by atoms with E-state index in [-0.39, 0.29) is 11.3 Å². The molecule has 1 saturated carbocycles. The molecule has 1 aliphatic heterocycles. The number of hydrogen-bond acceptors (Lipinski definition) is 2. The van der Waals surface area contributed by atoms with Crippen LogP contribution in [-0.4, -0.2) is 23.9 Å². The highest BCUT2D eigenvalue weighted by molar-refractivity contribution is 5.89. The summed E-state index contributed by atoms with van der Waals surface area (Å²) in [5, 5.41) is 3.19. The normalized spacial score (nSPS) is 19.3. The topological polar surface area (TPSA) is 32.3 Å². The van der Waals surface area contributed by atoms with Crippen molar-refractivity contribution < 1.29 is 4.79 Å². The summed E-state index contributed by atoms with van der Waals surface area (Å²) in [5.41, 5.74) is 3.39. The zero-order valence-electron chi connectivity index (χ0n) is 16.1. The van der Waals surface area contributed by atoms with Crippen LogP contribution >= 0.6 is 0 Å². The van der Waals surface area contributed by atoms with Crippen molar-refractivity contribution in [2.45, 2.75) is 57.0 Å². The average Bonchev–Trinajstić information content (AvgIpc) is 2.68. The second kappa shape index (κ2) is 8.26. The van der Waals surface area contributed by atoms with Crippen LogP contribution in [0.15, 0.2) is 54.6 Å². The van der Waals surface area contributed by atoms with Crippen LogP contribution in [0.1, 0.15) is 55.2 Å². The van der Waals surface area contributed by atoms with E-state index in [2.05, 4.69) is 46.6 Å². The molecule has 0 spiro atoms. The Morgan fingerprint density at radius 1 is 0.852 bits per heavy atom. The molecule has 4 rings (SSSR count). The Kier molecular flexibility index (Phi) is 5.58. The highest BCUT2D eigenvalue weighted by atomic mass is 16.2. The molecule has 3 heteroatoms. The number of piperidine rings is 1. The highest BCUT2D eigenvalue weighted by Crippen LogP contribution is 2.43. The standard InChI is InChI=1S/C24H30N2O/c27-23(24(14-7-15-24)22-8-3-1-4-9-22)25-18-20-10-12-21(13-11-20)19-26-16-5-2-6-17-26/h1,3-4,8-13H,2,5-7,14-19H2,(H,25,27). The number of amides is 1. The van der Waals surface area contributed by atoms with Crippen LogP contribution in [0.4, 0.5) is 0 Å². The van der Waals surface area contributed by atoms with Gasteiger partial charge in [-0.1, -0.05) is 67.4 Å². The molecule has 1 aliphatic carbocycles. The van der Waals surface area contributed by atoms with E-state index < -0.39 is 0 Å². The fourth-order valence-electron chi connectivity index (χ4n) is 4.42. The summed E-state index contributed by atoms with van der Waals surface area (Å²) in [7, 11) is 0. The first-order valence-electron chi connectivity index (χ1n) is 10.4. The van der Waals surface area contributed by atoms with Crippen LogP contribution in [0.5, 0.6) is 0 Å². The molecule has 0 unspecified atom stereocenters. The van der Waals surface area contributed by atoms with Crippen molar-refractivity contribution in [3.05, 3.63) is 71.3 Å². The molecule has 0 atom stereocenters. The smallest absolute Gasteiger partial charge is 0.230 e. The monoisotopic (exact) mass is 362 g/mol. The van der Waals surface area contributed by atoms with E-state index in [0.29, 0.717) is 6.54 Å². The molecule has 2 aromatic carbocycles. The fourth-order valence-corrected chi connectivity index (χ4v) is 4.42. The molecule has 0 radical (unpaired) electrons. The van der Waals surface area contributed by atoms with E-state index in [1.165, 1.54) is 43.5 Å². The lowest BCUT2D eigenvalue weighted by Gasteiger charge is -2.40. The van der Waals surface area contributed by atoms with Crippen LogP contribution in [0.3, 0.4) is 0 Å². The van der Waals surface area contributed by atoms with Gasteiger partial charge in [0.2, 0.25) is 5.91 Å². The molecule has 2 aromatic rings. The van der Waals surface area contributed by atoms with E-state index >= 15 is 0 Å². The molecule has 1 amide bonds. The SMILES string of the molecule is O=C(NCc1ccc(CN2CCCCC2)cc1)C1(c2ccccc2)CCC1. The summed E-state index contributed by atoms with van der Waals surface area (Å²) >= 11 is 0. The fraction of sp³-hybridized carbons (Fsp3) is 0.458. The summed E-state index contributed by atoms with van der Waals surface area (Å²) in [4.78, 5) is 15.5. The van der Waals surface area contributed by atoms with Crippen LogP contribution in [-0.2, 0) is 23.3 Å². The first-order chi connectivity index (χ1) is 13.3. The van der Waals surface area contributed by atoms with Crippen molar-refractivity contribution in [3.63, 3.8) is 0 Å². The summed E-state index contributed by atoms with van der Waals surface area (Å²) in [6, 6.07) is 19.0. The Bertz CT molecular complexity index is 744. The highest BCUT2D eigenvalue weighted by Gasteiger charge is 2.45. The minimum atomic E-state index is -0.310. The first kappa shape index (κ1) is 18.2. The van der Waals surface area contributed by atoms with Gasteiger partial charge in [-0.05, 0) is 55.5 Å². The molecule has 2 fully saturated rings. The molecule has 0 bridgehead atoms. The third kappa shape index (κ3) is 4.08. The predicted molar refractivity (Wildman–Crippen MR) is 109 cm³/mol. The average molecular weight is 363 g/mol. The number of carbonyl (C=O) groups excluding carboxylic acids is 1. The van der Waals surface area contributed by atoms with Crippen LogP contribution in [0.25, 0.3) is 0 Å². The van der Waals surface area contributed by atoms with Gasteiger partial charge in [0.05, 0.1) is 5.41 Å². The van der Waals surface area contributed by atoms with Crippen molar-refractivity contribution >= 4 is 5.91 Å². The van der Waals surface area contributed by atoms with Gasteiger partial charge in [-0.25, -0.2) is 0 Å². The second-order valence-electron chi connectivity index (χ2n) is 8.14. The van der Waals surface area contributed by atoms with Gasteiger partial charge in [-0.3, -0.25) is 9.69 Å². The Balaban J connectivity index is 1.33. The minimum Gasteiger partial charge on any atom is -0.351 e. The Labute approximate surface area is 162 Å². The maximum atomic E-state index is 12.9. The Morgan fingerprint density at radius 3 is 2.15 bits per heavy atom. The van der Waals surface area contributed by atoms with Crippen molar-refractivity contribution in [2.24, 2.45) is 0 Å². The van der Waals surface area contributed by atoms with Crippen LogP contribution in [0, 0.1) is 0 Å². The van der Waals surface area contributed by atoms with Crippen LogP contribution in [0.2, 0.25) is 0 Å². The number of nitrogens with zero attached hydrogens (tertiary/aromatic N) is 1. The molecule has 3 nitrogen and oxygen atoms in total. The largest absolute Gasteiger partial charge is 0.351 e. The first-order valence-corrected chi connectivity index (χ1v) is 10.4. The van der Waals surface area contributed by atoms with E-state index in [1.807, 2.05) is 18.2 Å². The lowest BCUT2D eigenvalue weighted by molar-refractivity contribution is -0.130. The second-order valence-corrected chi connectivity index (χ2v) is 8.14. The minimum absolute atomic E-state index is 0.178. The van der Waals surface area contributed by atoms with Crippen molar-refractivity contribution in [1.29, 1.82) is 0 Å². The maximum absolute atomic E-state index is 12.9. The van der Waals surface area contributed by atoms with E-state index in [1.54, 1.807) is 0 Å². The summed E-state index contributed by atoms with van der Waals surface area (Å²) in [5.74, 6) is 0.178. The van der Waals surface area contributed by atoms with E-state index in [4.69, 9.17) is 0 Å². The third-order valence-electron chi connectivity index (χ3n) is 6.30. The molecule has 0 aromatic heterocycles. The molecule has 1 saturated heterocycles. The van der Waals surface area contributed by atoms with Gasteiger partial charge in [-0.2, -0.15) is 0 Å². The number of carbonyl (C=O) groups is 1. The quantitative estimate of drug-likeness (QED) is 0.825. The van der Waals surface area contributed by atoms with Gasteiger partial charge in [0.15, 0.2) is 0 Å². The van der Waals surface area contributed by atoms with Gasteiger partial charge >= 0.3 is 0 Å². The summed E-state index contributed by atoms with van der Waals surface area (Å²) in [6.07, 6.45) is 7.07. The summed E-state index contributed by atoms with van der Waals surface area (Å²) in [6.45, 7) is 4.10. The van der Waals surface area contributed by atoms with E-state index in [9.17, 15) is 4.79 Å². The van der Waals surface area contributed by atoms with Gasteiger partial charge < -0.3 is 5.32 Å². The van der Waals surface area contributed by atoms with Crippen molar-refractivity contribution in [3.8, 4) is 0 Å². The molecule has 1 heterocycles. The number of benzene rings is 2. The van der Waals surface area contributed by atoms with Crippen molar-refractivity contribution in [1.82, 2.24) is 10.2 Å². The number of nitrogens with one attached hydrogen (secondary N) is 1. The molecule has 27 heavy (non-hydrogen) atoms. The number of hydrogen-bond donors (Lipinski definition) is 1. The summed E-state index contributed by atoms with van der Waals surface area (Å²) < 4.78 is 0. The molecular formula is C24H30N2O. The molecular weight excluding hydrogens is 332 g/mol. The third-order valence-corrected chi connectivity index (χ3v) is 6.30. The number of rotatable bonds is 6. The van der Waals surface area contributed by atoms with Gasteiger partial charge in [0.25, 0.3) is 0 Å². The lowest BCUT2D eigenvalue weighted by Crippen LogP contribution is -2.48. The molecule has 142 valence electrons. The molecule has 2 aliphatic rings. The van der Waals surface area contributed by atoms with Crippen molar-refractivity contribution in [2.75, 3.05) is 13.1 Å². The number of likely N-dealkylation sites (tertiary alicyclic amines) is 1.